The van der Waals surface area contributed by atoms with Crippen LogP contribution >= 0.6 is 0 Å². The van der Waals surface area contributed by atoms with E-state index in [1.807, 2.05) is 6.20 Å². The van der Waals surface area contributed by atoms with Crippen LogP contribution in [-0.2, 0) is 0 Å². The summed E-state index contributed by atoms with van der Waals surface area (Å²) >= 11 is 0. The van der Waals surface area contributed by atoms with Crippen LogP contribution in [0.3, 0.4) is 0 Å². The average Bonchev–Trinajstić information content (AvgIpc) is 2.67. The molecule has 0 aliphatic carbocycles. The summed E-state index contributed by atoms with van der Waals surface area (Å²) in [5.74, 6) is 1.30. The second kappa shape index (κ2) is 7.48. The van der Waals surface area contributed by atoms with E-state index in [4.69, 9.17) is 0 Å². The molecule has 126 valence electrons. The third-order valence-corrected chi connectivity index (χ3v) is 6.06. The molecule has 1 aromatic carbocycles. The molecule has 2 fully saturated rings. The zero-order chi connectivity index (χ0) is 16.2. The van der Waals surface area contributed by atoms with Gasteiger partial charge in [0, 0.05) is 24.4 Å². The van der Waals surface area contributed by atoms with Gasteiger partial charge in [0.25, 0.3) is 0 Å². The smallest absolute Gasteiger partial charge is 0.0306 e. The van der Waals surface area contributed by atoms with Crippen molar-refractivity contribution in [1.82, 2.24) is 9.88 Å². The fourth-order valence-corrected chi connectivity index (χ4v) is 4.89. The molecule has 2 aromatic rings. The van der Waals surface area contributed by atoms with Crippen molar-refractivity contribution in [3.8, 4) is 0 Å². The molecule has 24 heavy (non-hydrogen) atoms. The van der Waals surface area contributed by atoms with E-state index in [9.17, 15) is 0 Å². The van der Waals surface area contributed by atoms with Crippen LogP contribution in [0, 0.1) is 5.92 Å². The maximum Gasteiger partial charge on any atom is 0.0306 e. The summed E-state index contributed by atoms with van der Waals surface area (Å²) in [5, 5.41) is 0. The van der Waals surface area contributed by atoms with E-state index in [0.717, 1.165) is 12.0 Å². The van der Waals surface area contributed by atoms with Gasteiger partial charge in [-0.1, -0.05) is 42.8 Å². The van der Waals surface area contributed by atoms with Gasteiger partial charge in [-0.2, -0.15) is 0 Å². The molecular weight excluding hydrogens is 292 g/mol. The van der Waals surface area contributed by atoms with Crippen LogP contribution in [0.2, 0.25) is 0 Å². The number of pyridine rings is 1. The van der Waals surface area contributed by atoms with Crippen molar-refractivity contribution in [2.45, 2.75) is 50.5 Å². The standard InChI is InChI=1S/C22H28N2/c1-2-8-18(9-3-1)21(20-10-6-13-23-17-20)16-19-11-7-15-24-14-5-4-12-22(19)24/h1-3,6,8-10,13,17,19,21-22H,4-5,7,11-12,14-16H2/t19-,21?,22+/m0/s1. The Morgan fingerprint density at radius 2 is 1.75 bits per heavy atom. The first-order valence-electron chi connectivity index (χ1n) is 9.61. The predicted molar refractivity (Wildman–Crippen MR) is 99.1 cm³/mol. The Kier molecular flexibility index (Phi) is 4.94. The highest BCUT2D eigenvalue weighted by atomic mass is 15.2. The van der Waals surface area contributed by atoms with Gasteiger partial charge < -0.3 is 4.90 Å². The van der Waals surface area contributed by atoms with E-state index < -0.39 is 0 Å². The molecule has 3 heterocycles. The monoisotopic (exact) mass is 320 g/mol. The summed E-state index contributed by atoms with van der Waals surface area (Å²) in [4.78, 5) is 7.18. The Balaban J connectivity index is 1.60. The van der Waals surface area contributed by atoms with Crippen LogP contribution in [0.15, 0.2) is 54.9 Å². The molecule has 0 radical (unpaired) electrons. The number of piperidine rings is 2. The molecule has 0 bridgehead atoms. The molecule has 0 N–H and O–H groups in total. The first-order valence-corrected chi connectivity index (χ1v) is 9.61. The molecule has 1 aromatic heterocycles. The minimum atomic E-state index is 0.478. The highest BCUT2D eigenvalue weighted by Gasteiger charge is 2.34. The number of nitrogens with zero attached hydrogens (tertiary/aromatic N) is 2. The lowest BCUT2D eigenvalue weighted by Crippen LogP contribution is -2.48. The first kappa shape index (κ1) is 15.8. The van der Waals surface area contributed by atoms with Crippen molar-refractivity contribution in [2.75, 3.05) is 13.1 Å². The van der Waals surface area contributed by atoms with Crippen LogP contribution in [0.1, 0.15) is 55.6 Å². The Hall–Kier alpha value is -1.67. The van der Waals surface area contributed by atoms with E-state index in [1.165, 1.54) is 62.7 Å². The minimum absolute atomic E-state index is 0.478. The first-order chi connectivity index (χ1) is 11.9. The van der Waals surface area contributed by atoms with Crippen LogP contribution in [0.5, 0.6) is 0 Å². The molecule has 2 nitrogen and oxygen atoms in total. The molecule has 0 spiro atoms. The lowest BCUT2D eigenvalue weighted by atomic mass is 9.75. The molecule has 2 heteroatoms. The van der Waals surface area contributed by atoms with Gasteiger partial charge in [0.15, 0.2) is 0 Å². The van der Waals surface area contributed by atoms with Gasteiger partial charge in [0.2, 0.25) is 0 Å². The normalized spacial score (nSPS) is 25.8. The Labute approximate surface area is 145 Å². The van der Waals surface area contributed by atoms with Gasteiger partial charge in [0.1, 0.15) is 0 Å². The van der Waals surface area contributed by atoms with Crippen molar-refractivity contribution in [2.24, 2.45) is 5.92 Å². The lowest BCUT2D eigenvalue weighted by Gasteiger charge is -2.45. The summed E-state index contributed by atoms with van der Waals surface area (Å²) in [5.41, 5.74) is 2.81. The third-order valence-electron chi connectivity index (χ3n) is 6.06. The summed E-state index contributed by atoms with van der Waals surface area (Å²) in [6.07, 6.45) is 12.2. The van der Waals surface area contributed by atoms with Gasteiger partial charge >= 0.3 is 0 Å². The maximum atomic E-state index is 4.40. The molecule has 2 aliphatic rings. The molecule has 3 atom stereocenters. The van der Waals surface area contributed by atoms with Crippen LogP contribution < -0.4 is 0 Å². The highest BCUT2D eigenvalue weighted by molar-refractivity contribution is 5.30. The van der Waals surface area contributed by atoms with Gasteiger partial charge in [-0.25, -0.2) is 0 Å². The van der Waals surface area contributed by atoms with Gasteiger partial charge in [-0.15, -0.1) is 0 Å². The maximum absolute atomic E-state index is 4.40. The van der Waals surface area contributed by atoms with E-state index in [-0.39, 0.29) is 0 Å². The molecule has 0 saturated carbocycles. The molecule has 4 rings (SSSR count). The number of aromatic nitrogens is 1. The van der Waals surface area contributed by atoms with E-state index >= 15 is 0 Å². The summed E-state index contributed by atoms with van der Waals surface area (Å²) in [7, 11) is 0. The van der Waals surface area contributed by atoms with E-state index in [1.54, 1.807) is 0 Å². The van der Waals surface area contributed by atoms with Crippen molar-refractivity contribution in [3.63, 3.8) is 0 Å². The zero-order valence-corrected chi connectivity index (χ0v) is 14.5. The second-order valence-corrected chi connectivity index (χ2v) is 7.49. The van der Waals surface area contributed by atoms with Gasteiger partial charge in [-0.05, 0) is 68.3 Å². The average molecular weight is 320 g/mol. The second-order valence-electron chi connectivity index (χ2n) is 7.49. The van der Waals surface area contributed by atoms with Crippen LogP contribution in [0.4, 0.5) is 0 Å². The van der Waals surface area contributed by atoms with Gasteiger partial charge in [-0.3, -0.25) is 4.98 Å². The largest absolute Gasteiger partial charge is 0.300 e. The topological polar surface area (TPSA) is 16.1 Å². The Bertz CT molecular complexity index is 583. The molecule has 1 unspecified atom stereocenters. The predicted octanol–water partition coefficient (Wildman–Crippen LogP) is 4.87. The fraction of sp³-hybridized carbons (Fsp3) is 0.500. The Morgan fingerprint density at radius 1 is 0.917 bits per heavy atom. The minimum Gasteiger partial charge on any atom is -0.300 e. The third kappa shape index (κ3) is 3.39. The molecular formula is C22H28N2. The number of fused-ring (bicyclic) bond motifs is 1. The molecule has 2 aliphatic heterocycles. The quantitative estimate of drug-likeness (QED) is 0.799. The zero-order valence-electron chi connectivity index (χ0n) is 14.5. The number of benzene rings is 1. The van der Waals surface area contributed by atoms with E-state index in [0.29, 0.717) is 5.92 Å². The summed E-state index contributed by atoms with van der Waals surface area (Å²) in [6, 6.07) is 16.2. The SMILES string of the molecule is c1ccc(C(C[C@@H]2CCCN3CCCC[C@H]23)c2cccnc2)cc1. The molecule has 0 amide bonds. The van der Waals surface area contributed by atoms with E-state index in [2.05, 4.69) is 58.5 Å². The summed E-state index contributed by atoms with van der Waals surface area (Å²) in [6.45, 7) is 2.65. The number of hydrogen-bond acceptors (Lipinski definition) is 2. The number of hydrogen-bond donors (Lipinski definition) is 0. The highest BCUT2D eigenvalue weighted by Crippen LogP contribution is 2.39. The van der Waals surface area contributed by atoms with Crippen molar-refractivity contribution < 1.29 is 0 Å². The van der Waals surface area contributed by atoms with Crippen molar-refractivity contribution in [1.29, 1.82) is 0 Å². The fourth-order valence-electron chi connectivity index (χ4n) is 4.89. The molecule has 2 saturated heterocycles. The van der Waals surface area contributed by atoms with Crippen molar-refractivity contribution in [3.05, 3.63) is 66.0 Å². The van der Waals surface area contributed by atoms with Crippen molar-refractivity contribution >= 4 is 0 Å². The lowest BCUT2D eigenvalue weighted by molar-refractivity contribution is 0.0540. The van der Waals surface area contributed by atoms with Crippen LogP contribution in [-0.4, -0.2) is 29.0 Å². The summed E-state index contributed by atoms with van der Waals surface area (Å²) < 4.78 is 0. The number of rotatable bonds is 4. The van der Waals surface area contributed by atoms with Crippen LogP contribution in [0.25, 0.3) is 0 Å². The van der Waals surface area contributed by atoms with Gasteiger partial charge in [0.05, 0.1) is 0 Å². The Morgan fingerprint density at radius 3 is 2.58 bits per heavy atom.